The second-order valence-electron chi connectivity index (χ2n) is 13.6. The van der Waals surface area contributed by atoms with Gasteiger partial charge >= 0.3 is 5.97 Å². The van der Waals surface area contributed by atoms with Crippen LogP contribution in [-0.4, -0.2) is 12.6 Å². The molecule has 2 heteroatoms. The summed E-state index contributed by atoms with van der Waals surface area (Å²) in [5, 5.41) is 0. The van der Waals surface area contributed by atoms with Crippen LogP contribution in [0.4, 0.5) is 0 Å². The topological polar surface area (TPSA) is 26.3 Å². The van der Waals surface area contributed by atoms with E-state index in [-0.39, 0.29) is 5.97 Å². The van der Waals surface area contributed by atoms with Gasteiger partial charge < -0.3 is 4.74 Å². The fourth-order valence-corrected chi connectivity index (χ4v) is 6.13. The molecule has 0 aliphatic rings. The number of carbonyl (C=O) groups is 1. The van der Waals surface area contributed by atoms with E-state index in [0.29, 0.717) is 13.0 Å². The van der Waals surface area contributed by atoms with E-state index in [4.69, 9.17) is 4.74 Å². The van der Waals surface area contributed by atoms with E-state index in [1.165, 1.54) is 205 Å². The molecule has 0 aliphatic heterocycles. The van der Waals surface area contributed by atoms with Crippen LogP contribution in [0, 0.1) is 0 Å². The summed E-state index contributed by atoms with van der Waals surface area (Å²) in [6.45, 7) is 5.19. The minimum atomic E-state index is 0.0193. The fraction of sp³-hybridized carbons (Fsp3) is 0.927. The lowest BCUT2D eigenvalue weighted by Gasteiger charge is -2.05. The van der Waals surface area contributed by atoms with Crippen molar-refractivity contribution in [3.8, 4) is 0 Å². The highest BCUT2D eigenvalue weighted by Crippen LogP contribution is 2.16. The van der Waals surface area contributed by atoms with E-state index in [9.17, 15) is 4.79 Å². The Hall–Kier alpha value is -0.790. The summed E-state index contributed by atoms with van der Waals surface area (Å²) in [7, 11) is 0. The van der Waals surface area contributed by atoms with Crippen LogP contribution < -0.4 is 0 Å². The second kappa shape index (κ2) is 39.2. The molecule has 0 rings (SSSR count). The number of hydrogen-bond acceptors (Lipinski definition) is 2. The molecular weight excluding hydrogens is 524 g/mol. The van der Waals surface area contributed by atoms with Crippen LogP contribution in [0.1, 0.15) is 239 Å². The van der Waals surface area contributed by atoms with Gasteiger partial charge in [0.1, 0.15) is 0 Å². The molecule has 0 heterocycles. The van der Waals surface area contributed by atoms with Crippen molar-refractivity contribution < 1.29 is 9.53 Å². The molecule has 0 saturated carbocycles. The molecule has 43 heavy (non-hydrogen) atoms. The van der Waals surface area contributed by atoms with Gasteiger partial charge in [-0.2, -0.15) is 0 Å². The average Bonchev–Trinajstić information content (AvgIpc) is 3.01. The fourth-order valence-electron chi connectivity index (χ4n) is 6.13. The third-order valence-electron chi connectivity index (χ3n) is 9.15. The standard InChI is InChI=1S/C41H80O2/c1-3-5-7-9-11-13-15-17-19-20-21-22-23-24-25-26-27-29-31-33-35-37-39-41(42)43-40-38-36-34-32-30-28-18-16-14-12-10-8-6-4-2/h18,28H,3-17,19-27,29-40H2,1-2H3/b28-18+. The summed E-state index contributed by atoms with van der Waals surface area (Å²) in [5.41, 5.74) is 0. The third-order valence-corrected chi connectivity index (χ3v) is 9.15. The Balaban J connectivity index is 3.17. The molecule has 0 bridgehead atoms. The zero-order valence-electron chi connectivity index (χ0n) is 29.9. The van der Waals surface area contributed by atoms with Crippen LogP contribution >= 0.6 is 0 Å². The monoisotopic (exact) mass is 605 g/mol. The Bertz CT molecular complexity index is 540. The Labute approximate surface area is 272 Å². The summed E-state index contributed by atoms with van der Waals surface area (Å²) in [4.78, 5) is 12.0. The first-order chi connectivity index (χ1) is 21.3. The molecule has 0 atom stereocenters. The van der Waals surface area contributed by atoms with Crippen molar-refractivity contribution in [2.45, 2.75) is 239 Å². The van der Waals surface area contributed by atoms with Crippen molar-refractivity contribution in [1.29, 1.82) is 0 Å². The molecule has 0 aromatic rings. The van der Waals surface area contributed by atoms with Crippen molar-refractivity contribution in [2.75, 3.05) is 6.61 Å². The molecule has 0 spiro atoms. The van der Waals surface area contributed by atoms with Gasteiger partial charge in [0.05, 0.1) is 6.61 Å². The Kier molecular flexibility index (Phi) is 38.5. The van der Waals surface area contributed by atoms with E-state index in [1.807, 2.05) is 0 Å². The van der Waals surface area contributed by atoms with Crippen molar-refractivity contribution in [2.24, 2.45) is 0 Å². The number of carbonyl (C=O) groups excluding carboxylic acids is 1. The SMILES string of the molecule is CCCCCCCC/C=C/CCCCCCOC(=O)CCCCCCCCCCCCCCCCCCCCCCCC. The summed E-state index contributed by atoms with van der Waals surface area (Å²) < 4.78 is 5.44. The molecule has 0 amide bonds. The predicted molar refractivity (Wildman–Crippen MR) is 193 cm³/mol. The van der Waals surface area contributed by atoms with Crippen LogP contribution in [0.5, 0.6) is 0 Å². The van der Waals surface area contributed by atoms with Crippen molar-refractivity contribution in [3.05, 3.63) is 12.2 Å². The summed E-state index contributed by atoms with van der Waals surface area (Å²) >= 11 is 0. The predicted octanol–water partition coefficient (Wildman–Crippen LogP) is 14.8. The lowest BCUT2D eigenvalue weighted by molar-refractivity contribution is -0.143. The molecular formula is C41H80O2. The molecule has 0 aromatic heterocycles. The number of ether oxygens (including phenoxy) is 1. The quantitative estimate of drug-likeness (QED) is 0.0400. The molecule has 0 radical (unpaired) electrons. The normalized spacial score (nSPS) is 11.6. The van der Waals surface area contributed by atoms with E-state index < -0.39 is 0 Å². The van der Waals surface area contributed by atoms with E-state index in [0.717, 1.165) is 12.8 Å². The minimum absolute atomic E-state index is 0.0193. The van der Waals surface area contributed by atoms with Gasteiger partial charge in [0.2, 0.25) is 0 Å². The first-order valence-electron chi connectivity index (χ1n) is 20.1. The zero-order valence-corrected chi connectivity index (χ0v) is 29.9. The highest BCUT2D eigenvalue weighted by molar-refractivity contribution is 5.69. The van der Waals surface area contributed by atoms with E-state index in [1.54, 1.807) is 0 Å². The maximum atomic E-state index is 12.0. The lowest BCUT2D eigenvalue weighted by Crippen LogP contribution is -2.05. The van der Waals surface area contributed by atoms with Crippen molar-refractivity contribution in [1.82, 2.24) is 0 Å². The van der Waals surface area contributed by atoms with Crippen LogP contribution in [0.3, 0.4) is 0 Å². The van der Waals surface area contributed by atoms with Crippen LogP contribution in [0.25, 0.3) is 0 Å². The van der Waals surface area contributed by atoms with E-state index in [2.05, 4.69) is 26.0 Å². The van der Waals surface area contributed by atoms with Gasteiger partial charge in [-0.1, -0.05) is 206 Å². The van der Waals surface area contributed by atoms with Gasteiger partial charge in [-0.15, -0.1) is 0 Å². The Morgan fingerprint density at radius 2 is 0.651 bits per heavy atom. The highest BCUT2D eigenvalue weighted by Gasteiger charge is 2.02. The Morgan fingerprint density at radius 1 is 0.372 bits per heavy atom. The largest absolute Gasteiger partial charge is 0.466 e. The number of esters is 1. The average molecular weight is 605 g/mol. The van der Waals surface area contributed by atoms with Gasteiger partial charge in [0.15, 0.2) is 0 Å². The first kappa shape index (κ1) is 42.2. The summed E-state index contributed by atoms with van der Waals surface area (Å²) in [6.07, 6.45) is 51.6. The molecule has 2 nitrogen and oxygen atoms in total. The van der Waals surface area contributed by atoms with Crippen LogP contribution in [0.15, 0.2) is 12.2 Å². The van der Waals surface area contributed by atoms with Crippen LogP contribution in [-0.2, 0) is 9.53 Å². The Morgan fingerprint density at radius 3 is 1.00 bits per heavy atom. The lowest BCUT2D eigenvalue weighted by atomic mass is 10.0. The number of allylic oxidation sites excluding steroid dienone is 2. The van der Waals surface area contributed by atoms with Crippen molar-refractivity contribution in [3.63, 3.8) is 0 Å². The van der Waals surface area contributed by atoms with E-state index >= 15 is 0 Å². The van der Waals surface area contributed by atoms with Gasteiger partial charge in [-0.05, 0) is 38.5 Å². The van der Waals surface area contributed by atoms with Gasteiger partial charge in [-0.25, -0.2) is 0 Å². The molecule has 0 saturated heterocycles. The van der Waals surface area contributed by atoms with Gasteiger partial charge in [0, 0.05) is 6.42 Å². The summed E-state index contributed by atoms with van der Waals surface area (Å²) in [5.74, 6) is 0.0193. The molecule has 0 fully saturated rings. The third kappa shape index (κ3) is 39.2. The zero-order chi connectivity index (χ0) is 31.2. The molecule has 0 N–H and O–H groups in total. The minimum Gasteiger partial charge on any atom is -0.466 e. The van der Waals surface area contributed by atoms with Crippen LogP contribution in [0.2, 0.25) is 0 Å². The molecule has 0 aliphatic carbocycles. The maximum Gasteiger partial charge on any atom is 0.305 e. The first-order valence-corrected chi connectivity index (χ1v) is 20.1. The molecule has 0 unspecified atom stereocenters. The maximum absolute atomic E-state index is 12.0. The van der Waals surface area contributed by atoms with Crippen molar-refractivity contribution >= 4 is 5.97 Å². The number of rotatable bonds is 37. The summed E-state index contributed by atoms with van der Waals surface area (Å²) in [6, 6.07) is 0. The second-order valence-corrected chi connectivity index (χ2v) is 13.6. The highest BCUT2D eigenvalue weighted by atomic mass is 16.5. The molecule has 256 valence electrons. The molecule has 0 aromatic carbocycles. The van der Waals surface area contributed by atoms with Gasteiger partial charge in [0.25, 0.3) is 0 Å². The number of unbranched alkanes of at least 4 members (excludes halogenated alkanes) is 31. The number of hydrogen-bond donors (Lipinski definition) is 0. The smallest absolute Gasteiger partial charge is 0.305 e. The van der Waals surface area contributed by atoms with Gasteiger partial charge in [-0.3, -0.25) is 4.79 Å².